The van der Waals surface area contributed by atoms with Crippen LogP contribution >= 0.6 is 0 Å². The summed E-state index contributed by atoms with van der Waals surface area (Å²) >= 11 is 0. The van der Waals surface area contributed by atoms with Gasteiger partial charge in [0, 0.05) is 25.2 Å². The second-order valence-electron chi connectivity index (χ2n) is 5.22. The number of nitro groups is 1. The summed E-state index contributed by atoms with van der Waals surface area (Å²) in [6.45, 7) is 5.11. The largest absolute Gasteiger partial charge is 0.367 e. The van der Waals surface area contributed by atoms with Crippen molar-refractivity contribution in [3.63, 3.8) is 0 Å². The number of anilines is 1. The molecule has 0 aromatic carbocycles. The molecule has 1 aliphatic rings. The summed E-state index contributed by atoms with van der Waals surface area (Å²) in [5.41, 5.74) is 0.963. The van der Waals surface area contributed by atoms with E-state index in [0.717, 1.165) is 31.7 Å². The number of nitrogens with zero attached hydrogens (tertiary/aromatic N) is 3. The maximum absolute atomic E-state index is 10.6. The van der Waals surface area contributed by atoms with Crippen LogP contribution in [0.2, 0.25) is 0 Å². The lowest BCUT2D eigenvalue weighted by molar-refractivity contribution is -0.389. The Morgan fingerprint density at radius 3 is 2.90 bits per heavy atom. The lowest BCUT2D eigenvalue weighted by Crippen LogP contribution is -2.44. The van der Waals surface area contributed by atoms with Crippen LogP contribution in [0.4, 0.5) is 11.5 Å². The minimum atomic E-state index is -0.462. The second-order valence-corrected chi connectivity index (χ2v) is 5.22. The maximum Gasteiger partial charge on any atom is 0.363 e. The van der Waals surface area contributed by atoms with Gasteiger partial charge >= 0.3 is 5.82 Å². The van der Waals surface area contributed by atoms with E-state index in [2.05, 4.69) is 22.1 Å². The van der Waals surface area contributed by atoms with Gasteiger partial charge < -0.3 is 20.3 Å². The molecule has 20 heavy (non-hydrogen) atoms. The van der Waals surface area contributed by atoms with E-state index >= 15 is 0 Å². The van der Waals surface area contributed by atoms with Gasteiger partial charge in [0.2, 0.25) is 0 Å². The van der Waals surface area contributed by atoms with Crippen LogP contribution in [-0.4, -0.2) is 35.6 Å². The fourth-order valence-electron chi connectivity index (χ4n) is 2.61. The molecule has 1 saturated heterocycles. The van der Waals surface area contributed by atoms with Crippen molar-refractivity contribution in [3.05, 3.63) is 28.4 Å². The van der Waals surface area contributed by atoms with Crippen molar-refractivity contribution in [3.8, 4) is 0 Å². The Bertz CT molecular complexity index is 429. The average Bonchev–Trinajstić information content (AvgIpc) is 2.48. The Kier molecular flexibility index (Phi) is 5.29. The second kappa shape index (κ2) is 7.19. The molecule has 0 aliphatic carbocycles. The first kappa shape index (κ1) is 14.7. The van der Waals surface area contributed by atoms with Crippen LogP contribution in [0.3, 0.4) is 0 Å². The molecule has 1 aliphatic heterocycles. The zero-order valence-electron chi connectivity index (χ0n) is 11.9. The number of rotatable bonds is 6. The van der Waals surface area contributed by atoms with Gasteiger partial charge in [-0.25, -0.2) is 0 Å². The molecule has 110 valence electrons. The van der Waals surface area contributed by atoms with Crippen LogP contribution in [0.5, 0.6) is 0 Å². The summed E-state index contributed by atoms with van der Waals surface area (Å²) in [6.07, 6.45) is 6.38. The highest BCUT2D eigenvalue weighted by Crippen LogP contribution is 2.18. The van der Waals surface area contributed by atoms with Gasteiger partial charge in [-0.3, -0.25) is 0 Å². The molecule has 0 spiro atoms. The van der Waals surface area contributed by atoms with E-state index in [-0.39, 0.29) is 5.82 Å². The SMILES string of the molecule is CCCN(CC1CCCCN1)c1ccc([N+](=O)[O-])nc1. The zero-order chi connectivity index (χ0) is 14.4. The molecular formula is C14H22N4O2. The summed E-state index contributed by atoms with van der Waals surface area (Å²) in [6, 6.07) is 3.78. The third-order valence-corrected chi connectivity index (χ3v) is 3.63. The molecule has 6 nitrogen and oxygen atoms in total. The van der Waals surface area contributed by atoms with Gasteiger partial charge in [-0.1, -0.05) is 13.3 Å². The predicted molar refractivity (Wildman–Crippen MR) is 79.0 cm³/mol. The number of aromatic nitrogens is 1. The minimum absolute atomic E-state index is 0.0963. The molecule has 6 heteroatoms. The van der Waals surface area contributed by atoms with E-state index < -0.39 is 4.92 Å². The molecule has 1 unspecified atom stereocenters. The third-order valence-electron chi connectivity index (χ3n) is 3.63. The van der Waals surface area contributed by atoms with Gasteiger partial charge in [0.1, 0.15) is 0 Å². The molecule has 0 bridgehead atoms. The Labute approximate surface area is 119 Å². The lowest BCUT2D eigenvalue weighted by atomic mass is 10.0. The highest BCUT2D eigenvalue weighted by Gasteiger charge is 2.18. The highest BCUT2D eigenvalue weighted by molar-refractivity contribution is 5.46. The van der Waals surface area contributed by atoms with E-state index in [4.69, 9.17) is 0 Å². The van der Waals surface area contributed by atoms with E-state index in [0.29, 0.717) is 6.04 Å². The van der Waals surface area contributed by atoms with Crippen molar-refractivity contribution in [2.24, 2.45) is 0 Å². The monoisotopic (exact) mass is 278 g/mol. The minimum Gasteiger partial charge on any atom is -0.367 e. The lowest BCUT2D eigenvalue weighted by Gasteiger charge is -2.31. The molecule has 0 amide bonds. The summed E-state index contributed by atoms with van der Waals surface area (Å²) in [4.78, 5) is 16.4. The first-order chi connectivity index (χ1) is 9.70. The van der Waals surface area contributed by atoms with Crippen LogP contribution < -0.4 is 10.2 Å². The third kappa shape index (κ3) is 3.90. The Hall–Kier alpha value is -1.69. The fourth-order valence-corrected chi connectivity index (χ4v) is 2.61. The number of pyridine rings is 1. The zero-order valence-corrected chi connectivity index (χ0v) is 11.9. The van der Waals surface area contributed by atoms with Crippen molar-refractivity contribution in [1.29, 1.82) is 0 Å². The normalized spacial score (nSPS) is 18.8. The molecule has 1 N–H and O–H groups in total. The van der Waals surface area contributed by atoms with Crippen molar-refractivity contribution in [2.75, 3.05) is 24.5 Å². The van der Waals surface area contributed by atoms with Crippen LogP contribution in [-0.2, 0) is 0 Å². The topological polar surface area (TPSA) is 71.3 Å². The van der Waals surface area contributed by atoms with E-state index in [9.17, 15) is 10.1 Å². The molecular weight excluding hydrogens is 256 g/mol. The summed E-state index contributed by atoms with van der Waals surface area (Å²) in [7, 11) is 0. The Balaban J connectivity index is 2.04. The molecule has 1 atom stereocenters. The molecule has 1 fully saturated rings. The fraction of sp³-hybridized carbons (Fsp3) is 0.643. The van der Waals surface area contributed by atoms with Gasteiger partial charge in [-0.05, 0) is 41.8 Å². The van der Waals surface area contributed by atoms with Gasteiger partial charge in [0.15, 0.2) is 6.20 Å². The Morgan fingerprint density at radius 2 is 2.35 bits per heavy atom. The van der Waals surface area contributed by atoms with Crippen LogP contribution in [0.15, 0.2) is 18.3 Å². The molecule has 0 radical (unpaired) electrons. The standard InChI is InChI=1S/C14H22N4O2/c1-2-9-17(11-12-5-3-4-8-15-12)13-6-7-14(16-10-13)18(19)20/h6-7,10,12,15H,2-5,8-9,11H2,1H3. The van der Waals surface area contributed by atoms with Gasteiger partial charge in [-0.15, -0.1) is 0 Å². The summed E-state index contributed by atoms with van der Waals surface area (Å²) in [5.74, 6) is -0.0963. The molecule has 0 saturated carbocycles. The first-order valence-electron chi connectivity index (χ1n) is 7.29. The quantitative estimate of drug-likeness (QED) is 0.639. The number of hydrogen-bond acceptors (Lipinski definition) is 5. The van der Waals surface area contributed by atoms with Crippen LogP contribution in [0, 0.1) is 10.1 Å². The van der Waals surface area contributed by atoms with E-state index in [1.807, 2.05) is 0 Å². The van der Waals surface area contributed by atoms with E-state index in [1.54, 1.807) is 12.3 Å². The van der Waals surface area contributed by atoms with Gasteiger partial charge in [0.25, 0.3) is 0 Å². The number of hydrogen-bond donors (Lipinski definition) is 1. The Morgan fingerprint density at radius 1 is 1.50 bits per heavy atom. The van der Waals surface area contributed by atoms with E-state index in [1.165, 1.54) is 25.3 Å². The summed E-state index contributed by atoms with van der Waals surface area (Å²) in [5, 5.41) is 14.2. The summed E-state index contributed by atoms with van der Waals surface area (Å²) < 4.78 is 0. The molecule has 2 rings (SSSR count). The average molecular weight is 278 g/mol. The van der Waals surface area contributed by atoms with Crippen molar-refractivity contribution in [1.82, 2.24) is 10.3 Å². The van der Waals surface area contributed by atoms with Gasteiger partial charge in [0.05, 0.1) is 5.69 Å². The highest BCUT2D eigenvalue weighted by atomic mass is 16.6. The molecule has 1 aromatic heterocycles. The number of piperidine rings is 1. The van der Waals surface area contributed by atoms with Gasteiger partial charge in [-0.2, -0.15) is 0 Å². The molecule has 2 heterocycles. The van der Waals surface area contributed by atoms with Crippen molar-refractivity contribution in [2.45, 2.75) is 38.6 Å². The van der Waals surface area contributed by atoms with Crippen LogP contribution in [0.25, 0.3) is 0 Å². The van der Waals surface area contributed by atoms with Crippen molar-refractivity contribution >= 4 is 11.5 Å². The molecule has 1 aromatic rings. The predicted octanol–water partition coefficient (Wildman–Crippen LogP) is 2.35. The van der Waals surface area contributed by atoms with Crippen LogP contribution in [0.1, 0.15) is 32.6 Å². The number of nitrogens with one attached hydrogen (secondary N) is 1. The smallest absolute Gasteiger partial charge is 0.363 e. The maximum atomic E-state index is 10.6. The first-order valence-corrected chi connectivity index (χ1v) is 7.29. The van der Waals surface area contributed by atoms with Crippen molar-refractivity contribution < 1.29 is 4.92 Å².